The number of fused-ring (bicyclic) bond motifs is 1. The lowest BCUT2D eigenvalue weighted by molar-refractivity contribution is -0.137. The van der Waals surface area contributed by atoms with Crippen molar-refractivity contribution >= 4 is 28.5 Å². The third-order valence-corrected chi connectivity index (χ3v) is 5.11. The smallest absolute Gasteiger partial charge is 0.345 e. The summed E-state index contributed by atoms with van der Waals surface area (Å²) in [5.74, 6) is 0.0953. The van der Waals surface area contributed by atoms with Gasteiger partial charge in [-0.1, -0.05) is 33.6 Å². The molecule has 5 heteroatoms. The normalized spacial score (nSPS) is 13.6. The first-order valence-electron chi connectivity index (χ1n) is 8.93. The van der Waals surface area contributed by atoms with Gasteiger partial charge in [0.2, 0.25) is 0 Å². The fourth-order valence-corrected chi connectivity index (χ4v) is 4.02. The van der Waals surface area contributed by atoms with Crippen LogP contribution in [0, 0.1) is 0 Å². The molecule has 0 unspecified atom stereocenters. The number of nitrogens with zero attached hydrogens (tertiary/aromatic N) is 1. The topological polar surface area (TPSA) is 48.3 Å². The van der Waals surface area contributed by atoms with Crippen molar-refractivity contribution in [2.24, 2.45) is 0 Å². The first-order valence-corrected chi connectivity index (χ1v) is 9.91. The molecule has 1 aliphatic rings. The van der Waals surface area contributed by atoms with E-state index in [4.69, 9.17) is 4.74 Å². The van der Waals surface area contributed by atoms with E-state index in [-0.39, 0.29) is 18.1 Å². The Labute approximate surface area is 148 Å². The number of carbonyl (C=O) groups excluding carboxylic acids is 2. The minimum Gasteiger partial charge on any atom is -0.462 e. The maximum atomic E-state index is 13.0. The van der Waals surface area contributed by atoms with Crippen molar-refractivity contribution in [1.29, 1.82) is 0 Å². The Morgan fingerprint density at radius 3 is 2.50 bits per heavy atom. The summed E-state index contributed by atoms with van der Waals surface area (Å²) in [6, 6.07) is 2.11. The van der Waals surface area contributed by atoms with Crippen LogP contribution in [-0.2, 0) is 22.4 Å². The summed E-state index contributed by atoms with van der Waals surface area (Å²) >= 11 is 1.55. The number of hydrogen-bond acceptors (Lipinski definition) is 4. The van der Waals surface area contributed by atoms with Crippen LogP contribution in [0.5, 0.6) is 0 Å². The van der Waals surface area contributed by atoms with Crippen LogP contribution in [0.25, 0.3) is 4.91 Å². The Kier molecular flexibility index (Phi) is 6.72. The van der Waals surface area contributed by atoms with Gasteiger partial charge in [-0.05, 0) is 43.6 Å². The van der Waals surface area contributed by atoms with Crippen molar-refractivity contribution in [2.75, 3.05) is 12.4 Å². The van der Waals surface area contributed by atoms with E-state index in [9.17, 15) is 9.59 Å². The SMILES string of the molecule is CCCCc1c(CCC)cc2n1C(=O)C(C(=O)OCC)=C2SCC. The average Bonchev–Trinajstić information content (AvgIpc) is 3.02. The van der Waals surface area contributed by atoms with E-state index in [0.717, 1.165) is 54.1 Å². The quantitative estimate of drug-likeness (QED) is 0.488. The molecule has 132 valence electrons. The molecular formula is C19H27NO3S. The number of aryl methyl sites for hydroxylation is 1. The average molecular weight is 349 g/mol. The molecule has 0 amide bonds. The number of esters is 1. The highest BCUT2D eigenvalue weighted by Gasteiger charge is 2.37. The number of thioether (sulfide) groups is 1. The molecule has 2 heterocycles. The molecule has 0 N–H and O–H groups in total. The summed E-state index contributed by atoms with van der Waals surface area (Å²) < 4.78 is 6.90. The Balaban J connectivity index is 2.53. The third kappa shape index (κ3) is 3.46. The van der Waals surface area contributed by atoms with Crippen molar-refractivity contribution in [2.45, 2.75) is 59.8 Å². The Hall–Kier alpha value is -1.49. The minimum absolute atomic E-state index is 0.208. The molecule has 0 aromatic carbocycles. The molecule has 1 aromatic rings. The molecule has 1 aliphatic heterocycles. The van der Waals surface area contributed by atoms with Crippen LogP contribution < -0.4 is 0 Å². The van der Waals surface area contributed by atoms with Crippen LogP contribution in [-0.4, -0.2) is 28.8 Å². The lowest BCUT2D eigenvalue weighted by Gasteiger charge is -2.09. The van der Waals surface area contributed by atoms with Gasteiger partial charge in [-0.15, -0.1) is 11.8 Å². The molecule has 0 saturated heterocycles. The van der Waals surface area contributed by atoms with Crippen LogP contribution in [0.2, 0.25) is 0 Å². The Bertz CT molecular complexity index is 658. The minimum atomic E-state index is -0.499. The van der Waals surface area contributed by atoms with Crippen LogP contribution >= 0.6 is 11.8 Å². The standard InChI is InChI=1S/C19H27NO3S/c1-5-9-11-14-13(10-6-2)12-15-17(24-8-4)16(18(21)20(14)15)19(22)23-7-3/h12H,5-11H2,1-4H3. The molecule has 0 radical (unpaired) electrons. The van der Waals surface area contributed by atoms with Crippen LogP contribution in [0.3, 0.4) is 0 Å². The van der Waals surface area contributed by atoms with Gasteiger partial charge in [0.25, 0.3) is 5.91 Å². The lowest BCUT2D eigenvalue weighted by atomic mass is 10.1. The van der Waals surface area contributed by atoms with E-state index in [1.165, 1.54) is 5.56 Å². The lowest BCUT2D eigenvalue weighted by Crippen LogP contribution is -2.19. The highest BCUT2D eigenvalue weighted by Crippen LogP contribution is 2.40. The number of ether oxygens (including phenoxy) is 1. The van der Waals surface area contributed by atoms with E-state index in [0.29, 0.717) is 0 Å². The summed E-state index contributed by atoms with van der Waals surface area (Å²) in [6.45, 7) is 8.36. The van der Waals surface area contributed by atoms with Gasteiger partial charge >= 0.3 is 5.97 Å². The molecule has 4 nitrogen and oxygen atoms in total. The highest BCUT2D eigenvalue weighted by atomic mass is 32.2. The summed E-state index contributed by atoms with van der Waals surface area (Å²) in [5, 5.41) is 0. The van der Waals surface area contributed by atoms with Gasteiger partial charge in [0.1, 0.15) is 5.57 Å². The Morgan fingerprint density at radius 1 is 1.17 bits per heavy atom. The van der Waals surface area contributed by atoms with Gasteiger partial charge in [-0.3, -0.25) is 9.36 Å². The van der Waals surface area contributed by atoms with Gasteiger partial charge in [-0.25, -0.2) is 4.79 Å². The van der Waals surface area contributed by atoms with Gasteiger partial charge in [-0.2, -0.15) is 0 Å². The van der Waals surface area contributed by atoms with Crippen molar-refractivity contribution in [1.82, 2.24) is 4.57 Å². The van der Waals surface area contributed by atoms with Gasteiger partial charge in [0, 0.05) is 5.69 Å². The zero-order chi connectivity index (χ0) is 17.7. The molecule has 2 rings (SSSR count). The second-order valence-electron chi connectivity index (χ2n) is 5.85. The molecule has 0 spiro atoms. The Morgan fingerprint density at radius 2 is 1.92 bits per heavy atom. The van der Waals surface area contributed by atoms with Crippen molar-refractivity contribution in [3.63, 3.8) is 0 Å². The predicted octanol–water partition coefficient (Wildman–Crippen LogP) is 4.46. The van der Waals surface area contributed by atoms with E-state index in [1.807, 2.05) is 6.92 Å². The monoisotopic (exact) mass is 349 g/mol. The number of aromatic nitrogens is 1. The number of unbranched alkanes of at least 4 members (excludes halogenated alkanes) is 1. The summed E-state index contributed by atoms with van der Waals surface area (Å²) in [6.07, 6.45) is 5.00. The first kappa shape index (κ1) is 18.8. The van der Waals surface area contributed by atoms with Crippen LogP contribution in [0.4, 0.5) is 0 Å². The fraction of sp³-hybridized carbons (Fsp3) is 0.579. The highest BCUT2D eigenvalue weighted by molar-refractivity contribution is 8.08. The molecule has 0 fully saturated rings. The van der Waals surface area contributed by atoms with E-state index in [2.05, 4.69) is 19.9 Å². The maximum absolute atomic E-state index is 13.0. The van der Waals surface area contributed by atoms with Crippen molar-refractivity contribution < 1.29 is 14.3 Å². The van der Waals surface area contributed by atoms with Gasteiger partial charge in [0.05, 0.1) is 17.2 Å². The summed E-state index contributed by atoms with van der Waals surface area (Å²) in [7, 11) is 0. The van der Waals surface area contributed by atoms with E-state index >= 15 is 0 Å². The predicted molar refractivity (Wildman–Crippen MR) is 99.4 cm³/mol. The van der Waals surface area contributed by atoms with Crippen LogP contribution in [0.1, 0.15) is 68.7 Å². The largest absolute Gasteiger partial charge is 0.462 e. The zero-order valence-corrected chi connectivity index (χ0v) is 15.9. The fourth-order valence-electron chi connectivity index (χ4n) is 3.11. The number of carbonyl (C=O) groups is 2. The van der Waals surface area contributed by atoms with Crippen molar-refractivity contribution in [3.05, 3.63) is 28.6 Å². The third-order valence-electron chi connectivity index (χ3n) is 4.12. The number of rotatable bonds is 9. The van der Waals surface area contributed by atoms with Gasteiger partial charge < -0.3 is 4.74 Å². The molecular weight excluding hydrogens is 322 g/mol. The first-order chi connectivity index (χ1) is 11.6. The second kappa shape index (κ2) is 8.56. The van der Waals surface area contributed by atoms with Gasteiger partial charge in [0.15, 0.2) is 0 Å². The van der Waals surface area contributed by atoms with Crippen LogP contribution in [0.15, 0.2) is 11.6 Å². The van der Waals surface area contributed by atoms with E-state index in [1.54, 1.807) is 23.3 Å². The molecule has 0 atom stereocenters. The molecule has 1 aromatic heterocycles. The number of hydrogen-bond donors (Lipinski definition) is 0. The summed E-state index contributed by atoms with van der Waals surface area (Å²) in [5.41, 5.74) is 3.41. The second-order valence-corrected chi connectivity index (χ2v) is 7.13. The van der Waals surface area contributed by atoms with Crippen molar-refractivity contribution in [3.8, 4) is 0 Å². The summed E-state index contributed by atoms with van der Waals surface area (Å²) in [4.78, 5) is 26.1. The van der Waals surface area contributed by atoms with E-state index < -0.39 is 5.97 Å². The molecule has 0 bridgehead atoms. The molecule has 0 aliphatic carbocycles. The molecule has 24 heavy (non-hydrogen) atoms. The maximum Gasteiger partial charge on any atom is 0.345 e. The molecule has 0 saturated carbocycles. The zero-order valence-electron chi connectivity index (χ0n) is 15.1.